The van der Waals surface area contributed by atoms with Gasteiger partial charge in [-0.15, -0.1) is 0 Å². The van der Waals surface area contributed by atoms with Gasteiger partial charge in [0.2, 0.25) is 0 Å². The van der Waals surface area contributed by atoms with Gasteiger partial charge >= 0.3 is 39.5 Å². The van der Waals surface area contributed by atoms with Crippen molar-refractivity contribution in [1.29, 1.82) is 0 Å². The number of aliphatic hydroxyl groups excluding tert-OH is 1. The first-order chi connectivity index (χ1) is 43.4. The van der Waals surface area contributed by atoms with E-state index in [1.165, 1.54) is 167 Å². The average Bonchev–Trinajstić information content (AvgIpc) is 3.19. The van der Waals surface area contributed by atoms with E-state index in [1.54, 1.807) is 0 Å². The van der Waals surface area contributed by atoms with E-state index in [1.807, 2.05) is 0 Å². The van der Waals surface area contributed by atoms with Crippen molar-refractivity contribution in [2.45, 2.75) is 381 Å². The van der Waals surface area contributed by atoms with Crippen molar-refractivity contribution in [1.82, 2.24) is 0 Å². The number of hydrogen-bond donors (Lipinski definition) is 3. The number of carbonyl (C=O) groups is 4. The molecule has 0 heterocycles. The summed E-state index contributed by atoms with van der Waals surface area (Å²) in [5.41, 5.74) is 0. The van der Waals surface area contributed by atoms with Crippen LogP contribution in [0.1, 0.15) is 363 Å². The maximum absolute atomic E-state index is 13.0. The quantitative estimate of drug-likeness (QED) is 0.0222. The van der Waals surface area contributed by atoms with Crippen molar-refractivity contribution in [3.8, 4) is 0 Å². The average molecular weight is 1330 g/mol. The predicted octanol–water partition coefficient (Wildman–Crippen LogP) is 20.4. The van der Waals surface area contributed by atoms with Gasteiger partial charge in [-0.1, -0.05) is 311 Å². The lowest BCUT2D eigenvalue weighted by Crippen LogP contribution is -2.30. The standard InChI is InChI=1S/C71H138O17P2/c1-7-9-11-13-15-16-17-18-26-31-37-43-49-55-70(75)87-66(59-81-68(73)53-47-41-33-14-12-10-8-2)61-85-89(77,78)83-57-65(72)58-84-90(79,80)86-62-67(88-71(76)56-50-44-38-32-27-22-20-24-29-35-40-46-52-64(5)6)60-82-69(74)54-48-42-36-30-25-21-19-23-28-34-39-45-51-63(3)4/h63-67,72H,7-62H2,1-6H3,(H,77,78)(H,79,80)/t65-,66+,67+/m0/s1. The zero-order valence-electron chi connectivity index (χ0n) is 58.4. The van der Waals surface area contributed by atoms with Crippen molar-refractivity contribution in [3.05, 3.63) is 0 Å². The highest BCUT2D eigenvalue weighted by Gasteiger charge is 2.30. The fraction of sp³-hybridized carbons (Fsp3) is 0.944. The smallest absolute Gasteiger partial charge is 0.462 e. The molecule has 3 N–H and O–H groups in total. The first-order valence-corrected chi connectivity index (χ1v) is 40.0. The molecule has 2 unspecified atom stereocenters. The molecule has 0 aromatic carbocycles. The van der Waals surface area contributed by atoms with Crippen LogP contribution in [0.2, 0.25) is 0 Å². The second-order valence-electron chi connectivity index (χ2n) is 26.6. The fourth-order valence-corrected chi connectivity index (χ4v) is 12.3. The molecular formula is C71H138O17P2. The third-order valence-corrected chi connectivity index (χ3v) is 18.4. The zero-order chi connectivity index (χ0) is 66.5. The van der Waals surface area contributed by atoms with E-state index in [9.17, 15) is 43.2 Å². The van der Waals surface area contributed by atoms with Crippen LogP contribution in [0.3, 0.4) is 0 Å². The number of hydrogen-bond acceptors (Lipinski definition) is 15. The number of ether oxygens (including phenoxy) is 4. The van der Waals surface area contributed by atoms with Crippen LogP contribution in [-0.2, 0) is 65.4 Å². The molecule has 534 valence electrons. The number of aliphatic hydroxyl groups is 1. The third kappa shape index (κ3) is 64.8. The monoisotopic (exact) mass is 1320 g/mol. The summed E-state index contributed by atoms with van der Waals surface area (Å²) in [6.45, 7) is 9.54. The summed E-state index contributed by atoms with van der Waals surface area (Å²) in [6.07, 6.45) is 48.6. The van der Waals surface area contributed by atoms with Crippen molar-refractivity contribution >= 4 is 39.5 Å². The van der Waals surface area contributed by atoms with Gasteiger partial charge in [0.25, 0.3) is 0 Å². The van der Waals surface area contributed by atoms with Gasteiger partial charge < -0.3 is 33.8 Å². The minimum atomic E-state index is -4.95. The Balaban J connectivity index is 5.21. The highest BCUT2D eigenvalue weighted by Crippen LogP contribution is 2.45. The van der Waals surface area contributed by atoms with Gasteiger partial charge in [-0.3, -0.25) is 37.3 Å². The first kappa shape index (κ1) is 88.1. The Morgan fingerprint density at radius 1 is 0.300 bits per heavy atom. The summed E-state index contributed by atoms with van der Waals surface area (Å²) in [7, 11) is -9.90. The number of carbonyl (C=O) groups excluding carboxylic acids is 4. The molecule has 17 nitrogen and oxygen atoms in total. The molecule has 0 saturated carbocycles. The maximum atomic E-state index is 13.0. The summed E-state index contributed by atoms with van der Waals surface area (Å²) in [5, 5.41) is 10.6. The molecule has 0 rings (SSSR count). The van der Waals surface area contributed by atoms with Gasteiger partial charge in [0.15, 0.2) is 12.2 Å². The number of esters is 4. The summed E-state index contributed by atoms with van der Waals surface area (Å²) < 4.78 is 68.2. The van der Waals surface area contributed by atoms with Crippen LogP contribution in [-0.4, -0.2) is 96.7 Å². The van der Waals surface area contributed by atoms with E-state index in [4.69, 9.17) is 37.0 Å². The summed E-state index contributed by atoms with van der Waals surface area (Å²) in [5.74, 6) is -0.567. The largest absolute Gasteiger partial charge is 0.472 e. The molecule has 0 aromatic heterocycles. The molecule has 5 atom stereocenters. The second-order valence-corrected chi connectivity index (χ2v) is 29.5. The molecule has 0 aliphatic heterocycles. The first-order valence-electron chi connectivity index (χ1n) is 37.0. The molecule has 0 aliphatic carbocycles. The molecule has 0 amide bonds. The lowest BCUT2D eigenvalue weighted by molar-refractivity contribution is -0.161. The van der Waals surface area contributed by atoms with Gasteiger partial charge in [0.05, 0.1) is 26.4 Å². The van der Waals surface area contributed by atoms with Gasteiger partial charge in [-0.2, -0.15) is 0 Å². The van der Waals surface area contributed by atoms with Crippen molar-refractivity contribution < 1.29 is 80.2 Å². The van der Waals surface area contributed by atoms with E-state index < -0.39 is 97.5 Å². The fourth-order valence-electron chi connectivity index (χ4n) is 10.8. The van der Waals surface area contributed by atoms with E-state index in [-0.39, 0.29) is 25.7 Å². The normalized spacial score (nSPS) is 14.1. The van der Waals surface area contributed by atoms with E-state index in [0.717, 1.165) is 115 Å². The SMILES string of the molecule is CCCCCCCCCCCCCCCC(=O)O[C@H](COC(=O)CCCCCCCCC)COP(=O)(O)OC[C@H](O)COP(=O)(O)OC[C@@H](COC(=O)CCCCCCCCCCCCCCC(C)C)OC(=O)CCCCCCCCCCCCCCC(C)C. The van der Waals surface area contributed by atoms with Gasteiger partial charge in [-0.25, -0.2) is 9.13 Å². The van der Waals surface area contributed by atoms with Crippen LogP contribution in [0.4, 0.5) is 0 Å². The van der Waals surface area contributed by atoms with E-state index in [0.29, 0.717) is 25.7 Å². The number of phosphoric ester groups is 2. The van der Waals surface area contributed by atoms with Gasteiger partial charge in [0.1, 0.15) is 19.3 Å². The molecular weight excluding hydrogens is 1190 g/mol. The number of phosphoric acid groups is 2. The summed E-state index contributed by atoms with van der Waals surface area (Å²) >= 11 is 0. The highest BCUT2D eigenvalue weighted by molar-refractivity contribution is 7.47. The minimum Gasteiger partial charge on any atom is -0.462 e. The molecule has 0 aliphatic rings. The van der Waals surface area contributed by atoms with Crippen LogP contribution in [0, 0.1) is 11.8 Å². The summed E-state index contributed by atoms with van der Waals surface area (Å²) in [4.78, 5) is 72.5. The number of unbranched alkanes of at least 4 members (excludes halogenated alkanes) is 40. The molecule has 0 bridgehead atoms. The predicted molar refractivity (Wildman–Crippen MR) is 363 cm³/mol. The minimum absolute atomic E-state index is 0.107. The van der Waals surface area contributed by atoms with Crippen LogP contribution < -0.4 is 0 Å². The maximum Gasteiger partial charge on any atom is 0.472 e. The zero-order valence-corrected chi connectivity index (χ0v) is 60.2. The molecule has 0 spiro atoms. The molecule has 0 fully saturated rings. The Hall–Kier alpha value is -1.94. The highest BCUT2D eigenvalue weighted by atomic mass is 31.2. The van der Waals surface area contributed by atoms with Crippen LogP contribution in [0.25, 0.3) is 0 Å². The summed E-state index contributed by atoms with van der Waals surface area (Å²) in [6, 6.07) is 0. The third-order valence-electron chi connectivity index (χ3n) is 16.5. The van der Waals surface area contributed by atoms with Gasteiger partial charge in [-0.05, 0) is 37.5 Å². The Morgan fingerprint density at radius 2 is 0.511 bits per heavy atom. The lowest BCUT2D eigenvalue weighted by Gasteiger charge is -2.21. The van der Waals surface area contributed by atoms with Gasteiger partial charge in [0, 0.05) is 25.7 Å². The Bertz CT molecular complexity index is 1750. The van der Waals surface area contributed by atoms with E-state index >= 15 is 0 Å². The van der Waals surface area contributed by atoms with Crippen molar-refractivity contribution in [2.24, 2.45) is 11.8 Å². The van der Waals surface area contributed by atoms with E-state index in [2.05, 4.69) is 41.5 Å². The molecule has 0 radical (unpaired) electrons. The van der Waals surface area contributed by atoms with Crippen molar-refractivity contribution in [3.63, 3.8) is 0 Å². The molecule has 90 heavy (non-hydrogen) atoms. The van der Waals surface area contributed by atoms with Crippen LogP contribution in [0.5, 0.6) is 0 Å². The Labute approximate surface area is 549 Å². The number of rotatable bonds is 70. The second kappa shape index (κ2) is 63.1. The molecule has 0 aromatic rings. The molecule has 0 saturated heterocycles. The Morgan fingerprint density at radius 3 is 0.756 bits per heavy atom. The van der Waals surface area contributed by atoms with Crippen LogP contribution >= 0.6 is 15.6 Å². The molecule has 19 heteroatoms. The Kier molecular flexibility index (Phi) is 61.8. The topological polar surface area (TPSA) is 237 Å². The van der Waals surface area contributed by atoms with Crippen LogP contribution in [0.15, 0.2) is 0 Å². The van der Waals surface area contributed by atoms with Crippen molar-refractivity contribution in [2.75, 3.05) is 39.6 Å². The lowest BCUT2D eigenvalue weighted by atomic mass is 10.0.